The van der Waals surface area contributed by atoms with E-state index in [1.165, 1.54) is 23.7 Å². The largest absolute Gasteiger partial charge is 0.413 e. The van der Waals surface area contributed by atoms with E-state index >= 15 is 0 Å². The van der Waals surface area contributed by atoms with Crippen LogP contribution in [0.5, 0.6) is 0 Å². The van der Waals surface area contributed by atoms with Crippen molar-refractivity contribution in [2.75, 3.05) is 6.61 Å². The van der Waals surface area contributed by atoms with Crippen LogP contribution in [0.4, 0.5) is 0 Å². The lowest BCUT2D eigenvalue weighted by Gasteiger charge is -2.27. The Kier molecular flexibility index (Phi) is 6.23. The molecule has 17 heavy (non-hydrogen) atoms. The molecule has 2 heteroatoms. The average Bonchev–Trinajstić information content (AvgIpc) is 2.41. The summed E-state index contributed by atoms with van der Waals surface area (Å²) in [5.41, 5.74) is 1.24. The molecule has 0 amide bonds. The summed E-state index contributed by atoms with van der Waals surface area (Å²) in [6, 6.07) is 14.0. The predicted octanol–water partition coefficient (Wildman–Crippen LogP) is 4.72. The Morgan fingerprint density at radius 2 is 1.59 bits per heavy atom. The van der Waals surface area contributed by atoms with Gasteiger partial charge in [-0.1, -0.05) is 63.3 Å². The van der Waals surface area contributed by atoms with Crippen LogP contribution in [0.25, 0.3) is 6.08 Å². The van der Waals surface area contributed by atoms with Crippen LogP contribution in [0.1, 0.15) is 26.3 Å². The Morgan fingerprint density at radius 1 is 1.00 bits per heavy atom. The summed E-state index contributed by atoms with van der Waals surface area (Å²) < 4.78 is 6.15. The van der Waals surface area contributed by atoms with Crippen LogP contribution in [-0.2, 0) is 4.43 Å². The quantitative estimate of drug-likeness (QED) is 0.634. The van der Waals surface area contributed by atoms with Gasteiger partial charge in [0.15, 0.2) is 8.32 Å². The fourth-order valence-corrected chi connectivity index (χ4v) is 4.59. The van der Waals surface area contributed by atoms with Gasteiger partial charge in [0.05, 0.1) is 6.61 Å². The molecular weight excluding hydrogens is 224 g/mol. The third kappa shape index (κ3) is 4.48. The summed E-state index contributed by atoms with van der Waals surface area (Å²) in [6.45, 7) is 7.55. The van der Waals surface area contributed by atoms with Crippen LogP contribution in [0.15, 0.2) is 36.4 Å². The molecule has 1 aromatic rings. The van der Waals surface area contributed by atoms with E-state index in [0.29, 0.717) is 0 Å². The molecule has 0 aliphatic rings. The smallest absolute Gasteiger partial charge is 0.192 e. The first-order valence-electron chi connectivity index (χ1n) is 6.62. The van der Waals surface area contributed by atoms with Crippen LogP contribution in [0.3, 0.4) is 0 Å². The van der Waals surface area contributed by atoms with Gasteiger partial charge in [-0.05, 0) is 23.7 Å². The molecule has 1 nitrogen and oxygen atoms in total. The highest BCUT2D eigenvalue weighted by atomic mass is 28.4. The molecule has 0 saturated heterocycles. The Balaban J connectivity index is 2.44. The van der Waals surface area contributed by atoms with Crippen molar-refractivity contribution in [1.29, 1.82) is 0 Å². The SMILES string of the molecule is CC[Si](CC)(CC)OCC=Cc1ccccc1. The van der Waals surface area contributed by atoms with Crippen LogP contribution in [0.2, 0.25) is 18.1 Å². The first-order chi connectivity index (χ1) is 8.26. The number of hydrogen-bond donors (Lipinski definition) is 0. The monoisotopic (exact) mass is 248 g/mol. The lowest BCUT2D eigenvalue weighted by molar-refractivity contribution is 0.343. The van der Waals surface area contributed by atoms with E-state index in [1.807, 2.05) is 6.07 Å². The highest BCUT2D eigenvalue weighted by Crippen LogP contribution is 2.21. The molecule has 0 unspecified atom stereocenters. The Labute approximate surface area is 107 Å². The molecule has 0 radical (unpaired) electrons. The molecule has 1 aromatic carbocycles. The minimum absolute atomic E-state index is 0.761. The Bertz CT molecular complexity index is 320. The van der Waals surface area contributed by atoms with Crippen molar-refractivity contribution in [3.8, 4) is 0 Å². The first-order valence-corrected chi connectivity index (χ1v) is 9.15. The molecule has 0 N–H and O–H groups in total. The predicted molar refractivity (Wildman–Crippen MR) is 78.6 cm³/mol. The van der Waals surface area contributed by atoms with E-state index in [2.05, 4.69) is 57.2 Å². The van der Waals surface area contributed by atoms with Crippen LogP contribution in [-0.4, -0.2) is 14.9 Å². The molecule has 0 fully saturated rings. The van der Waals surface area contributed by atoms with E-state index < -0.39 is 8.32 Å². The van der Waals surface area contributed by atoms with Gasteiger partial charge in [0.1, 0.15) is 0 Å². The summed E-state index contributed by atoms with van der Waals surface area (Å²) in [5.74, 6) is 0. The molecule has 0 spiro atoms. The third-order valence-corrected chi connectivity index (χ3v) is 8.17. The lowest BCUT2D eigenvalue weighted by atomic mass is 10.2. The van der Waals surface area contributed by atoms with Gasteiger partial charge in [0.25, 0.3) is 0 Å². The van der Waals surface area contributed by atoms with Gasteiger partial charge in [0.2, 0.25) is 0 Å². The lowest BCUT2D eigenvalue weighted by Crippen LogP contribution is -2.35. The van der Waals surface area contributed by atoms with Gasteiger partial charge >= 0.3 is 0 Å². The highest BCUT2D eigenvalue weighted by molar-refractivity contribution is 6.73. The Morgan fingerprint density at radius 3 is 2.12 bits per heavy atom. The van der Waals surface area contributed by atoms with Gasteiger partial charge < -0.3 is 4.43 Å². The number of hydrogen-bond acceptors (Lipinski definition) is 1. The number of benzene rings is 1. The van der Waals surface area contributed by atoms with Crippen molar-refractivity contribution in [2.45, 2.75) is 38.9 Å². The Hall–Kier alpha value is -0.863. The summed E-state index contributed by atoms with van der Waals surface area (Å²) in [7, 11) is -1.41. The van der Waals surface area contributed by atoms with Crippen molar-refractivity contribution in [3.05, 3.63) is 42.0 Å². The maximum atomic E-state index is 6.15. The van der Waals surface area contributed by atoms with Crippen molar-refractivity contribution in [1.82, 2.24) is 0 Å². The van der Waals surface area contributed by atoms with Gasteiger partial charge in [0, 0.05) is 0 Å². The molecule has 0 aliphatic heterocycles. The molecule has 94 valence electrons. The molecular formula is C15H24OSi. The van der Waals surface area contributed by atoms with Crippen molar-refractivity contribution < 1.29 is 4.43 Å². The van der Waals surface area contributed by atoms with Crippen molar-refractivity contribution >= 4 is 14.4 Å². The van der Waals surface area contributed by atoms with Gasteiger partial charge in [-0.3, -0.25) is 0 Å². The third-order valence-electron chi connectivity index (χ3n) is 3.53. The molecule has 1 rings (SSSR count). The fourth-order valence-electron chi connectivity index (χ4n) is 2.03. The number of rotatable bonds is 7. The van der Waals surface area contributed by atoms with Gasteiger partial charge in [-0.25, -0.2) is 0 Å². The van der Waals surface area contributed by atoms with Crippen molar-refractivity contribution in [2.24, 2.45) is 0 Å². The van der Waals surface area contributed by atoms with E-state index in [-0.39, 0.29) is 0 Å². The summed E-state index contributed by atoms with van der Waals surface area (Å²) >= 11 is 0. The summed E-state index contributed by atoms with van der Waals surface area (Å²) in [6.07, 6.45) is 4.28. The van der Waals surface area contributed by atoms with Gasteiger partial charge in [-0.15, -0.1) is 0 Å². The van der Waals surface area contributed by atoms with Crippen LogP contribution < -0.4 is 0 Å². The molecule has 0 saturated carbocycles. The summed E-state index contributed by atoms with van der Waals surface area (Å²) in [4.78, 5) is 0. The minimum atomic E-state index is -1.41. The topological polar surface area (TPSA) is 9.23 Å². The van der Waals surface area contributed by atoms with E-state index in [1.54, 1.807) is 0 Å². The van der Waals surface area contributed by atoms with Crippen LogP contribution in [0, 0.1) is 0 Å². The molecule has 0 aliphatic carbocycles. The molecule has 0 bridgehead atoms. The standard InChI is InChI=1S/C15H24OSi/c1-4-17(5-2,6-3)16-14-10-13-15-11-8-7-9-12-15/h7-13H,4-6,14H2,1-3H3. The molecule has 0 atom stereocenters. The van der Waals surface area contributed by atoms with Gasteiger partial charge in [-0.2, -0.15) is 0 Å². The second-order valence-electron chi connectivity index (χ2n) is 4.37. The zero-order valence-corrected chi connectivity index (χ0v) is 12.3. The summed E-state index contributed by atoms with van der Waals surface area (Å²) in [5, 5.41) is 0. The first kappa shape index (κ1) is 14.2. The van der Waals surface area contributed by atoms with Crippen LogP contribution >= 0.6 is 0 Å². The molecule has 0 heterocycles. The maximum absolute atomic E-state index is 6.15. The van der Waals surface area contributed by atoms with E-state index in [0.717, 1.165) is 6.61 Å². The highest BCUT2D eigenvalue weighted by Gasteiger charge is 2.27. The zero-order valence-electron chi connectivity index (χ0n) is 11.3. The van der Waals surface area contributed by atoms with Crippen molar-refractivity contribution in [3.63, 3.8) is 0 Å². The zero-order chi connectivity index (χ0) is 12.6. The molecule has 0 aromatic heterocycles. The normalized spacial score (nSPS) is 12.2. The second-order valence-corrected chi connectivity index (χ2v) is 9.14. The average molecular weight is 248 g/mol. The second kappa shape index (κ2) is 7.46. The minimum Gasteiger partial charge on any atom is -0.413 e. The van der Waals surface area contributed by atoms with E-state index in [9.17, 15) is 0 Å². The maximum Gasteiger partial charge on any atom is 0.192 e. The fraction of sp³-hybridized carbons (Fsp3) is 0.467. The van der Waals surface area contributed by atoms with E-state index in [4.69, 9.17) is 4.43 Å².